The fourth-order valence-electron chi connectivity index (χ4n) is 3.13. The second kappa shape index (κ2) is 7.68. The number of halogens is 1. The molecule has 5 nitrogen and oxygen atoms in total. The highest BCUT2D eigenvalue weighted by atomic mass is 35.5. The average molecular weight is 372 g/mol. The molecule has 1 aromatic carbocycles. The molecule has 7 heteroatoms. The molecule has 0 N–H and O–H groups in total. The molecule has 132 valence electrons. The highest BCUT2D eigenvalue weighted by molar-refractivity contribution is 7.89. The molecule has 0 aromatic heterocycles. The van der Waals surface area contributed by atoms with Gasteiger partial charge in [-0.2, -0.15) is 4.31 Å². The first kappa shape index (κ1) is 19.0. The molecule has 0 bridgehead atoms. The summed E-state index contributed by atoms with van der Waals surface area (Å²) < 4.78 is 32.5. The Balaban J connectivity index is 2.47. The van der Waals surface area contributed by atoms with Crippen LogP contribution in [0.25, 0.3) is 0 Å². The number of piperidine rings is 1. The largest absolute Gasteiger partial charge is 0.466 e. The topological polar surface area (TPSA) is 63.7 Å². The number of sulfonamides is 1. The summed E-state index contributed by atoms with van der Waals surface area (Å²) in [7, 11) is -2.50. The van der Waals surface area contributed by atoms with Crippen LogP contribution in [0.3, 0.4) is 0 Å². The van der Waals surface area contributed by atoms with Crippen molar-refractivity contribution in [1.82, 2.24) is 4.31 Å². The zero-order chi connectivity index (χ0) is 17.9. The van der Waals surface area contributed by atoms with Gasteiger partial charge in [0.1, 0.15) is 0 Å². The quantitative estimate of drug-likeness (QED) is 0.588. The molecule has 0 spiro atoms. The molecular weight excluding hydrogens is 350 g/mol. The van der Waals surface area contributed by atoms with Crippen molar-refractivity contribution in [3.05, 3.63) is 41.4 Å². The Kier molecular flexibility index (Phi) is 6.06. The number of benzene rings is 1. The lowest BCUT2D eigenvalue weighted by molar-refractivity contribution is -0.136. The predicted octanol–water partition coefficient (Wildman–Crippen LogP) is 3.39. The molecular formula is C17H22ClNO4S. The summed E-state index contributed by atoms with van der Waals surface area (Å²) in [6, 6.07) is 5.29. The summed E-state index contributed by atoms with van der Waals surface area (Å²) in [5.74, 6) is -0.576. The predicted molar refractivity (Wildman–Crippen MR) is 93.4 cm³/mol. The monoisotopic (exact) mass is 371 g/mol. The molecule has 1 saturated heterocycles. The number of ether oxygens (including phenoxy) is 1. The van der Waals surface area contributed by atoms with Gasteiger partial charge in [-0.1, -0.05) is 25.1 Å². The highest BCUT2D eigenvalue weighted by Crippen LogP contribution is 2.34. The fourth-order valence-corrected chi connectivity index (χ4v) is 5.19. The van der Waals surface area contributed by atoms with Gasteiger partial charge in [0.05, 0.1) is 18.0 Å². The number of rotatable bonds is 5. The van der Waals surface area contributed by atoms with Gasteiger partial charge < -0.3 is 4.74 Å². The molecule has 24 heavy (non-hydrogen) atoms. The first-order chi connectivity index (χ1) is 11.3. The molecule has 1 aromatic rings. The second-order valence-electron chi connectivity index (χ2n) is 5.81. The molecule has 2 rings (SSSR count). The summed E-state index contributed by atoms with van der Waals surface area (Å²) in [5.41, 5.74) is 0.174. The average Bonchev–Trinajstić information content (AvgIpc) is 2.59. The van der Waals surface area contributed by atoms with E-state index in [0.29, 0.717) is 17.9 Å². The van der Waals surface area contributed by atoms with E-state index in [-0.39, 0.29) is 16.5 Å². The Morgan fingerprint density at radius 3 is 2.50 bits per heavy atom. The van der Waals surface area contributed by atoms with E-state index in [9.17, 15) is 13.2 Å². The zero-order valence-electron chi connectivity index (χ0n) is 13.9. The van der Waals surface area contributed by atoms with Crippen LogP contribution in [0.15, 0.2) is 41.3 Å². The smallest absolute Gasteiger partial charge is 0.334 e. The number of esters is 1. The van der Waals surface area contributed by atoms with Gasteiger partial charge in [-0.3, -0.25) is 0 Å². The van der Waals surface area contributed by atoms with E-state index in [4.69, 9.17) is 16.3 Å². The van der Waals surface area contributed by atoms with E-state index < -0.39 is 22.0 Å². The number of hydrogen-bond acceptors (Lipinski definition) is 4. The molecule has 0 unspecified atom stereocenters. The van der Waals surface area contributed by atoms with Crippen LogP contribution >= 0.6 is 11.6 Å². The highest BCUT2D eigenvalue weighted by Gasteiger charge is 2.41. The third-order valence-corrected chi connectivity index (χ3v) is 6.62. The molecule has 0 amide bonds. The first-order valence-corrected chi connectivity index (χ1v) is 9.71. The van der Waals surface area contributed by atoms with Crippen LogP contribution < -0.4 is 0 Å². The lowest BCUT2D eigenvalue weighted by Gasteiger charge is -2.41. The maximum absolute atomic E-state index is 13.2. The number of hydrogen-bond donors (Lipinski definition) is 0. The van der Waals surface area contributed by atoms with Crippen molar-refractivity contribution in [3.63, 3.8) is 0 Å². The van der Waals surface area contributed by atoms with Gasteiger partial charge in [0.2, 0.25) is 10.0 Å². The fraction of sp³-hybridized carbons (Fsp3) is 0.471. The minimum atomic E-state index is -3.77. The Labute approximate surface area is 148 Å². The number of carbonyl (C=O) groups excluding carboxylic acids is 1. The van der Waals surface area contributed by atoms with Crippen molar-refractivity contribution in [1.29, 1.82) is 0 Å². The van der Waals surface area contributed by atoms with Gasteiger partial charge in [0.25, 0.3) is 0 Å². The van der Waals surface area contributed by atoms with Crippen molar-refractivity contribution in [2.45, 2.75) is 49.6 Å². The second-order valence-corrected chi connectivity index (χ2v) is 8.09. The third kappa shape index (κ3) is 3.66. The van der Waals surface area contributed by atoms with Crippen LogP contribution in [0.4, 0.5) is 0 Å². The summed E-state index contributed by atoms with van der Waals surface area (Å²) >= 11 is 5.86. The summed E-state index contributed by atoms with van der Waals surface area (Å²) in [4.78, 5) is 12.1. The van der Waals surface area contributed by atoms with Crippen LogP contribution in [0.1, 0.15) is 32.6 Å². The van der Waals surface area contributed by atoms with Crippen molar-refractivity contribution in [3.8, 4) is 0 Å². The lowest BCUT2D eigenvalue weighted by Crippen LogP contribution is -2.51. The first-order valence-electron chi connectivity index (χ1n) is 7.89. The van der Waals surface area contributed by atoms with Gasteiger partial charge in [-0.25, -0.2) is 13.2 Å². The molecule has 0 saturated carbocycles. The Morgan fingerprint density at radius 2 is 1.96 bits per heavy atom. The minimum Gasteiger partial charge on any atom is -0.466 e. The van der Waals surface area contributed by atoms with E-state index >= 15 is 0 Å². The van der Waals surface area contributed by atoms with Crippen LogP contribution in [0.5, 0.6) is 0 Å². The Morgan fingerprint density at radius 1 is 1.33 bits per heavy atom. The third-order valence-electron chi connectivity index (χ3n) is 4.39. The van der Waals surface area contributed by atoms with E-state index in [2.05, 4.69) is 6.58 Å². The van der Waals surface area contributed by atoms with Crippen molar-refractivity contribution >= 4 is 27.6 Å². The Bertz CT molecular complexity index is 715. The molecule has 1 aliphatic heterocycles. The Hall–Kier alpha value is -1.37. The molecule has 1 aliphatic rings. The van der Waals surface area contributed by atoms with E-state index in [0.717, 1.165) is 12.8 Å². The van der Waals surface area contributed by atoms with Crippen LogP contribution in [0, 0.1) is 0 Å². The maximum Gasteiger partial charge on any atom is 0.334 e. The SMILES string of the molecule is C=C(C(=O)OC)[C@@H]1CCC[C@H](CC)N1S(=O)(=O)c1ccc(Cl)cc1. The normalized spacial score (nSPS) is 22.1. The van der Waals surface area contributed by atoms with Gasteiger partial charge in [-0.05, 0) is 49.9 Å². The van der Waals surface area contributed by atoms with Gasteiger partial charge in [0.15, 0.2) is 0 Å². The van der Waals surface area contributed by atoms with E-state index in [1.807, 2.05) is 6.92 Å². The molecule has 2 atom stereocenters. The van der Waals surface area contributed by atoms with Crippen molar-refractivity contribution in [2.75, 3.05) is 7.11 Å². The van der Waals surface area contributed by atoms with Gasteiger partial charge >= 0.3 is 5.97 Å². The number of carbonyl (C=O) groups is 1. The number of methoxy groups -OCH3 is 1. The maximum atomic E-state index is 13.2. The number of nitrogens with zero attached hydrogens (tertiary/aromatic N) is 1. The van der Waals surface area contributed by atoms with Gasteiger partial charge in [0, 0.05) is 16.6 Å². The molecule has 0 radical (unpaired) electrons. The summed E-state index contributed by atoms with van der Waals surface area (Å²) in [6.45, 7) is 5.73. The molecule has 1 heterocycles. The lowest BCUT2D eigenvalue weighted by atomic mass is 9.93. The molecule has 1 fully saturated rings. The summed E-state index contributed by atoms with van der Waals surface area (Å²) in [5, 5.41) is 0.468. The van der Waals surface area contributed by atoms with Gasteiger partial charge in [-0.15, -0.1) is 0 Å². The van der Waals surface area contributed by atoms with E-state index in [1.54, 1.807) is 12.1 Å². The zero-order valence-corrected chi connectivity index (χ0v) is 15.4. The molecule has 0 aliphatic carbocycles. The van der Waals surface area contributed by atoms with Crippen molar-refractivity contribution < 1.29 is 17.9 Å². The van der Waals surface area contributed by atoms with Crippen LogP contribution in [-0.2, 0) is 19.6 Å². The van der Waals surface area contributed by atoms with E-state index in [1.165, 1.54) is 23.5 Å². The van der Waals surface area contributed by atoms with Crippen LogP contribution in [0.2, 0.25) is 5.02 Å². The standard InChI is InChI=1S/C17H22ClNO4S/c1-4-14-6-5-7-16(12(2)17(20)23-3)19(14)24(21,22)15-10-8-13(18)9-11-15/h8-11,14,16H,2,4-7H2,1,3H3/t14-,16-/m0/s1. The van der Waals surface area contributed by atoms with Crippen LogP contribution in [-0.4, -0.2) is 37.9 Å². The summed E-state index contributed by atoms with van der Waals surface area (Å²) in [6.07, 6.45) is 2.81. The minimum absolute atomic E-state index is 0.162. The van der Waals surface area contributed by atoms with Crippen molar-refractivity contribution in [2.24, 2.45) is 0 Å².